The van der Waals surface area contributed by atoms with Crippen molar-refractivity contribution in [3.8, 4) is 17.2 Å². The van der Waals surface area contributed by atoms with Crippen molar-refractivity contribution >= 4 is 51.3 Å². The summed E-state index contributed by atoms with van der Waals surface area (Å²) in [5.41, 5.74) is 7.59. The van der Waals surface area contributed by atoms with Gasteiger partial charge in [-0.15, -0.1) is 0 Å². The van der Waals surface area contributed by atoms with E-state index in [1.165, 1.54) is 6.92 Å². The number of amides is 2. The Morgan fingerprint density at radius 1 is 0.703 bits per heavy atom. The van der Waals surface area contributed by atoms with Gasteiger partial charge in [-0.3, -0.25) is 19.3 Å². The number of carbonyl (C=O) groups excluding carboxylic acids is 3. The molecule has 0 atom stereocenters. The number of nitrogens with zero attached hydrogens (tertiary/aromatic N) is 3. The van der Waals surface area contributed by atoms with Crippen molar-refractivity contribution in [2.24, 2.45) is 0 Å². The molecule has 0 spiro atoms. The van der Waals surface area contributed by atoms with E-state index in [2.05, 4.69) is 76.7 Å². The minimum Gasteiger partial charge on any atom is -0.490 e. The summed E-state index contributed by atoms with van der Waals surface area (Å²) in [6.07, 6.45) is 0.640. The molecular formula is C57H73N5O12. The summed E-state index contributed by atoms with van der Waals surface area (Å²) in [5.74, 6) is 0.918. The molecule has 17 heteroatoms. The highest BCUT2D eigenvalue weighted by atomic mass is 16.5. The van der Waals surface area contributed by atoms with Crippen molar-refractivity contribution in [1.29, 1.82) is 0 Å². The van der Waals surface area contributed by atoms with Crippen LogP contribution in [0.1, 0.15) is 51.3 Å². The summed E-state index contributed by atoms with van der Waals surface area (Å²) in [5, 5.41) is 8.44. The zero-order valence-corrected chi connectivity index (χ0v) is 43.7. The Hall–Kier alpha value is -6.63. The number of hydrogen-bond acceptors (Lipinski definition) is 16. The first-order chi connectivity index (χ1) is 36.1. The number of imide groups is 1. The molecule has 398 valence electrons. The summed E-state index contributed by atoms with van der Waals surface area (Å²) in [7, 11) is 1.65. The van der Waals surface area contributed by atoms with Crippen LogP contribution >= 0.6 is 0 Å². The average Bonchev–Trinajstić information content (AvgIpc) is 3.39. The van der Waals surface area contributed by atoms with Gasteiger partial charge in [0.25, 0.3) is 11.8 Å². The molecule has 0 aromatic heterocycles. The highest BCUT2D eigenvalue weighted by Crippen LogP contribution is 2.36. The van der Waals surface area contributed by atoms with Crippen LogP contribution < -0.4 is 34.6 Å². The third-order valence-corrected chi connectivity index (χ3v) is 12.6. The lowest BCUT2D eigenvalue weighted by atomic mass is 9.93. The van der Waals surface area contributed by atoms with E-state index in [4.69, 9.17) is 42.6 Å². The first kappa shape index (κ1) is 55.1. The molecule has 0 aliphatic carbocycles. The van der Waals surface area contributed by atoms with Gasteiger partial charge in [0.1, 0.15) is 43.7 Å². The molecule has 2 aliphatic rings. The van der Waals surface area contributed by atoms with E-state index in [0.717, 1.165) is 61.2 Å². The number of ether oxygens (including phenoxy) is 9. The van der Waals surface area contributed by atoms with Crippen LogP contribution in [-0.2, 0) is 39.6 Å². The van der Waals surface area contributed by atoms with E-state index in [-0.39, 0.29) is 13.2 Å². The van der Waals surface area contributed by atoms with E-state index in [1.54, 1.807) is 19.2 Å². The Morgan fingerprint density at radius 2 is 1.43 bits per heavy atom. The Labute approximate surface area is 435 Å². The number of methoxy groups -OCH3 is 1. The maximum Gasteiger partial charge on any atom is 0.302 e. The van der Waals surface area contributed by atoms with Crippen LogP contribution in [0, 0.1) is 13.8 Å². The SMILES string of the molecule is CCOCCOCCN1CCOCCOCCNc2ccc(C)cc2OCCN(c2ccc(CCNc3ccc4c5c(cccc35)C(=O)N(CCOC(C)=O)C4=O)cc2OCCOC)CCOc2cc(C)ccc21. The third-order valence-electron chi connectivity index (χ3n) is 12.6. The van der Waals surface area contributed by atoms with Crippen LogP contribution in [-0.4, -0.2) is 161 Å². The van der Waals surface area contributed by atoms with Gasteiger partial charge in [-0.05, 0) is 98.5 Å². The lowest BCUT2D eigenvalue weighted by Gasteiger charge is -2.29. The fourth-order valence-electron chi connectivity index (χ4n) is 8.88. The van der Waals surface area contributed by atoms with Crippen LogP contribution in [0.5, 0.6) is 17.2 Å². The second kappa shape index (κ2) is 28.7. The lowest BCUT2D eigenvalue weighted by molar-refractivity contribution is -0.141. The third kappa shape index (κ3) is 15.5. The van der Waals surface area contributed by atoms with E-state index >= 15 is 0 Å². The van der Waals surface area contributed by atoms with Crippen molar-refractivity contribution in [3.05, 3.63) is 113 Å². The molecule has 0 unspecified atom stereocenters. The number of fused-ring (bicyclic) bond motifs is 2. The number of esters is 1. The van der Waals surface area contributed by atoms with Crippen molar-refractivity contribution < 1.29 is 57.0 Å². The zero-order chi connectivity index (χ0) is 52.1. The van der Waals surface area contributed by atoms with Gasteiger partial charge in [-0.25, -0.2) is 0 Å². The second-order valence-corrected chi connectivity index (χ2v) is 17.9. The highest BCUT2D eigenvalue weighted by Gasteiger charge is 2.33. The lowest BCUT2D eigenvalue weighted by Crippen LogP contribution is -2.42. The highest BCUT2D eigenvalue weighted by molar-refractivity contribution is 6.26. The van der Waals surface area contributed by atoms with Gasteiger partial charge in [0.15, 0.2) is 0 Å². The zero-order valence-electron chi connectivity index (χ0n) is 43.7. The monoisotopic (exact) mass is 1020 g/mol. The molecule has 2 heterocycles. The number of anilines is 4. The van der Waals surface area contributed by atoms with Crippen molar-refractivity contribution in [3.63, 3.8) is 0 Å². The van der Waals surface area contributed by atoms with Crippen molar-refractivity contribution in [2.75, 3.05) is 159 Å². The minimum absolute atomic E-state index is 0.0262. The molecule has 0 fully saturated rings. The first-order valence-corrected chi connectivity index (χ1v) is 25.7. The van der Waals surface area contributed by atoms with Crippen molar-refractivity contribution in [1.82, 2.24) is 4.90 Å². The van der Waals surface area contributed by atoms with E-state index in [1.807, 2.05) is 37.3 Å². The van der Waals surface area contributed by atoms with E-state index in [9.17, 15) is 14.4 Å². The van der Waals surface area contributed by atoms with Gasteiger partial charge in [-0.1, -0.05) is 30.3 Å². The Balaban J connectivity index is 1.12. The van der Waals surface area contributed by atoms with Crippen LogP contribution in [0.25, 0.3) is 10.8 Å². The standard InChI is InChI=1S/C57H73N5O12/c1-6-67-33-34-69-27-21-60-22-28-70-36-35-68-26-20-59-49-14-10-41(2)38-52(49)72-29-23-61(24-30-73-53-39-42(3)11-16-50(53)60)51-17-12-44(40-54(51)74-37-32-66-5)18-19-58-48-15-13-47-55-45(48)8-7-9-46(55)56(64)62(57(47)65)25-31-71-43(4)63/h7-17,38-40,58-59H,6,18-37H2,1-5H3. The van der Waals surface area contributed by atoms with Gasteiger partial charge < -0.3 is 63.1 Å². The van der Waals surface area contributed by atoms with Crippen LogP contribution in [0.3, 0.4) is 0 Å². The topological polar surface area (TPSA) is 168 Å². The van der Waals surface area contributed by atoms with E-state index < -0.39 is 17.8 Å². The molecule has 0 saturated heterocycles. The summed E-state index contributed by atoms with van der Waals surface area (Å²) < 4.78 is 53.8. The Bertz CT molecular complexity index is 2610. The molecule has 7 rings (SSSR count). The first-order valence-electron chi connectivity index (χ1n) is 25.7. The van der Waals surface area contributed by atoms with Gasteiger partial charge in [0, 0.05) is 74.4 Å². The molecule has 0 saturated carbocycles. The molecule has 17 nitrogen and oxygen atoms in total. The number of carbonyl (C=O) groups is 3. The molecule has 2 N–H and O–H groups in total. The Morgan fingerprint density at radius 3 is 2.22 bits per heavy atom. The molecule has 5 aromatic rings. The summed E-state index contributed by atoms with van der Waals surface area (Å²) >= 11 is 0. The number of aryl methyl sites for hydroxylation is 2. The molecule has 0 radical (unpaired) electrons. The van der Waals surface area contributed by atoms with E-state index in [0.29, 0.717) is 147 Å². The summed E-state index contributed by atoms with van der Waals surface area (Å²) in [4.78, 5) is 44.1. The normalized spacial score (nSPS) is 15.0. The quantitative estimate of drug-likeness (QED) is 0.0472. The van der Waals surface area contributed by atoms with Gasteiger partial charge in [0.2, 0.25) is 0 Å². The van der Waals surface area contributed by atoms with Crippen LogP contribution in [0.15, 0.2) is 84.9 Å². The molecular weight excluding hydrogens is 947 g/mol. The van der Waals surface area contributed by atoms with Crippen molar-refractivity contribution in [2.45, 2.75) is 34.1 Å². The molecule has 0 bridgehead atoms. The number of rotatable bonds is 19. The van der Waals surface area contributed by atoms with Crippen LogP contribution in [0.2, 0.25) is 0 Å². The molecule has 74 heavy (non-hydrogen) atoms. The Kier molecular flexibility index (Phi) is 21.4. The number of nitrogens with one attached hydrogen (secondary N) is 2. The fourth-order valence-corrected chi connectivity index (χ4v) is 8.88. The van der Waals surface area contributed by atoms with Gasteiger partial charge in [0.05, 0.1) is 89.6 Å². The number of hydrogen-bond donors (Lipinski definition) is 2. The second-order valence-electron chi connectivity index (χ2n) is 17.9. The molecule has 2 aliphatic heterocycles. The molecule has 2 amide bonds. The van der Waals surface area contributed by atoms with Crippen LogP contribution in [0.4, 0.5) is 22.7 Å². The largest absolute Gasteiger partial charge is 0.490 e. The maximum atomic E-state index is 13.6. The summed E-state index contributed by atoms with van der Waals surface area (Å²) in [6, 6.07) is 27.8. The predicted octanol–water partition coefficient (Wildman–Crippen LogP) is 7.58. The fraction of sp³-hybridized carbons (Fsp3) is 0.456. The van der Waals surface area contributed by atoms with Gasteiger partial charge in [-0.2, -0.15) is 0 Å². The maximum absolute atomic E-state index is 13.6. The predicted molar refractivity (Wildman–Crippen MR) is 287 cm³/mol. The van der Waals surface area contributed by atoms with Gasteiger partial charge >= 0.3 is 5.97 Å². The minimum atomic E-state index is -0.474. The summed E-state index contributed by atoms with van der Waals surface area (Å²) in [6.45, 7) is 16.4. The number of benzene rings is 5. The average molecular weight is 1020 g/mol. The smallest absolute Gasteiger partial charge is 0.302 e. The molecule has 5 aromatic carbocycles.